The van der Waals surface area contributed by atoms with Crippen molar-refractivity contribution >= 4 is 44.9 Å². The first-order valence-electron chi connectivity index (χ1n) is 7.46. The molecule has 4 aromatic rings. The summed E-state index contributed by atoms with van der Waals surface area (Å²) in [6.45, 7) is 2.11. The number of anilines is 2. The minimum absolute atomic E-state index is 0.352. The molecule has 0 aliphatic carbocycles. The Bertz CT molecular complexity index is 1010. The van der Waals surface area contributed by atoms with Gasteiger partial charge in [0, 0.05) is 11.1 Å². The van der Waals surface area contributed by atoms with Crippen LogP contribution in [0.3, 0.4) is 0 Å². The average molecular weight is 325 g/mol. The summed E-state index contributed by atoms with van der Waals surface area (Å²) >= 11 is 6.09. The van der Waals surface area contributed by atoms with Crippen molar-refractivity contribution < 1.29 is 4.98 Å². The predicted octanol–water partition coefficient (Wildman–Crippen LogP) is 3.88. The van der Waals surface area contributed by atoms with Crippen LogP contribution in [0.1, 0.15) is 12.6 Å². The fourth-order valence-electron chi connectivity index (χ4n) is 2.74. The molecule has 0 fully saturated rings. The van der Waals surface area contributed by atoms with Crippen molar-refractivity contribution in [1.29, 1.82) is 0 Å². The highest BCUT2D eigenvalue weighted by Gasteiger charge is 2.13. The van der Waals surface area contributed by atoms with Gasteiger partial charge in [-0.05, 0) is 48.4 Å². The van der Waals surface area contributed by atoms with Crippen molar-refractivity contribution in [2.24, 2.45) is 0 Å². The van der Waals surface area contributed by atoms with E-state index in [1.165, 1.54) is 0 Å². The largest absolute Gasteiger partial charge is 0.332 e. The molecule has 0 amide bonds. The van der Waals surface area contributed by atoms with E-state index >= 15 is 0 Å². The third-order valence-corrected chi connectivity index (χ3v) is 4.06. The second-order valence-electron chi connectivity index (χ2n) is 5.33. The van der Waals surface area contributed by atoms with Crippen molar-refractivity contribution in [2.75, 3.05) is 5.32 Å². The summed E-state index contributed by atoms with van der Waals surface area (Å²) in [6, 6.07) is 14.0. The van der Waals surface area contributed by atoms with Crippen LogP contribution in [0.25, 0.3) is 21.8 Å². The van der Waals surface area contributed by atoms with Gasteiger partial charge in [-0.2, -0.15) is 5.10 Å². The van der Waals surface area contributed by atoms with Gasteiger partial charge in [-0.1, -0.05) is 24.0 Å². The average Bonchev–Trinajstić information content (AvgIpc) is 2.97. The molecule has 4 rings (SSSR count). The van der Waals surface area contributed by atoms with E-state index in [4.69, 9.17) is 11.6 Å². The van der Waals surface area contributed by atoms with Crippen LogP contribution in [-0.2, 0) is 6.42 Å². The number of hydrogen-bond acceptors (Lipinski definition) is 3. The lowest BCUT2D eigenvalue weighted by atomic mass is 10.1. The maximum absolute atomic E-state index is 6.09. The van der Waals surface area contributed by atoms with E-state index in [2.05, 4.69) is 38.5 Å². The first kappa shape index (κ1) is 14.0. The number of benzene rings is 2. The second-order valence-corrected chi connectivity index (χ2v) is 5.69. The monoisotopic (exact) mass is 324 g/mol. The molecule has 114 valence electrons. The van der Waals surface area contributed by atoms with Gasteiger partial charge in [0.15, 0.2) is 5.52 Å². The zero-order valence-electron chi connectivity index (χ0n) is 12.5. The molecule has 0 atom stereocenters. The van der Waals surface area contributed by atoms with Gasteiger partial charge >= 0.3 is 5.28 Å². The lowest BCUT2D eigenvalue weighted by Crippen LogP contribution is -2.13. The second kappa shape index (κ2) is 5.52. The molecule has 0 aliphatic rings. The summed E-state index contributed by atoms with van der Waals surface area (Å²) in [5.74, 6) is 0.821. The van der Waals surface area contributed by atoms with Gasteiger partial charge in [0.2, 0.25) is 5.82 Å². The standard InChI is InChI=1S/C17H14ClN5/c1-2-13-12-9-10(7-8-15(12)23-22-13)19-16-11-5-3-4-6-14(11)20-17(18)21-16/h3-9H,2H2,1H3,(H,22,23)(H,19,20,21)/p+1. The summed E-state index contributed by atoms with van der Waals surface area (Å²) < 4.78 is 0. The number of H-pyrrole nitrogens is 2. The summed E-state index contributed by atoms with van der Waals surface area (Å²) in [5.41, 5.74) is 3.91. The van der Waals surface area contributed by atoms with Crippen LogP contribution in [0, 0.1) is 0 Å². The van der Waals surface area contributed by atoms with Crippen LogP contribution < -0.4 is 10.3 Å². The van der Waals surface area contributed by atoms with Crippen molar-refractivity contribution in [3.63, 3.8) is 0 Å². The molecule has 0 unspecified atom stereocenters. The molecular weight excluding hydrogens is 310 g/mol. The first-order chi connectivity index (χ1) is 11.2. The number of halogens is 1. The number of nitrogens with one attached hydrogen (secondary N) is 3. The van der Waals surface area contributed by atoms with Gasteiger partial charge < -0.3 is 0 Å². The van der Waals surface area contributed by atoms with E-state index in [1.54, 1.807) is 0 Å². The number of fused-ring (bicyclic) bond motifs is 2. The van der Waals surface area contributed by atoms with E-state index in [0.717, 1.165) is 45.4 Å². The summed E-state index contributed by atoms with van der Waals surface area (Å²) in [7, 11) is 0. The molecule has 3 N–H and O–H groups in total. The van der Waals surface area contributed by atoms with Gasteiger partial charge in [-0.25, -0.2) is 4.98 Å². The Morgan fingerprint density at radius 3 is 2.87 bits per heavy atom. The number of nitrogens with zero attached hydrogens (tertiary/aromatic N) is 2. The molecule has 0 radical (unpaired) electrons. The molecule has 2 aromatic heterocycles. The van der Waals surface area contributed by atoms with Crippen LogP contribution in [-0.4, -0.2) is 15.2 Å². The molecule has 0 saturated carbocycles. The molecule has 0 bridgehead atoms. The highest BCUT2D eigenvalue weighted by molar-refractivity contribution is 6.27. The highest BCUT2D eigenvalue weighted by atomic mass is 35.5. The first-order valence-corrected chi connectivity index (χ1v) is 7.84. The Morgan fingerprint density at radius 2 is 2.00 bits per heavy atom. The molecule has 6 heteroatoms. The van der Waals surface area contributed by atoms with Gasteiger partial charge in [-0.15, -0.1) is 0 Å². The zero-order chi connectivity index (χ0) is 15.8. The number of rotatable bonds is 3. The lowest BCUT2D eigenvalue weighted by molar-refractivity contribution is -0.360. The Balaban J connectivity index is 1.81. The van der Waals surface area contributed by atoms with E-state index in [0.29, 0.717) is 5.28 Å². The molecule has 0 saturated heterocycles. The van der Waals surface area contributed by atoms with Crippen LogP contribution in [0.5, 0.6) is 0 Å². The van der Waals surface area contributed by atoms with E-state index < -0.39 is 0 Å². The summed E-state index contributed by atoms with van der Waals surface area (Å²) in [5, 5.41) is 13.3. The van der Waals surface area contributed by atoms with Crippen LogP contribution in [0.15, 0.2) is 42.5 Å². The molecular formula is C17H15ClN5+. The quantitative estimate of drug-likeness (QED) is 0.562. The Kier molecular flexibility index (Phi) is 3.35. The zero-order valence-corrected chi connectivity index (χ0v) is 13.3. The molecule has 0 spiro atoms. The number of aromatic amines is 2. The SMILES string of the molecule is CCc1[nH]nc2ccc(Nc3[nH+]c(Cl)nc4ccccc34)cc12. The van der Waals surface area contributed by atoms with Crippen molar-refractivity contribution in [2.45, 2.75) is 13.3 Å². The summed E-state index contributed by atoms with van der Waals surface area (Å²) in [4.78, 5) is 7.39. The minimum Gasteiger partial charge on any atom is -0.281 e. The Labute approximate surface area is 137 Å². The van der Waals surface area contributed by atoms with E-state index in [1.807, 2.05) is 36.4 Å². The fraction of sp³-hybridized carbons (Fsp3) is 0.118. The third kappa shape index (κ3) is 2.49. The Morgan fingerprint density at radius 1 is 1.13 bits per heavy atom. The third-order valence-electron chi connectivity index (χ3n) is 3.88. The van der Waals surface area contributed by atoms with Crippen LogP contribution in [0.2, 0.25) is 5.28 Å². The van der Waals surface area contributed by atoms with Crippen LogP contribution in [0.4, 0.5) is 11.5 Å². The Hall–Kier alpha value is -2.66. The molecule has 5 nitrogen and oxygen atoms in total. The van der Waals surface area contributed by atoms with Crippen molar-refractivity contribution in [3.05, 3.63) is 53.4 Å². The summed E-state index contributed by atoms with van der Waals surface area (Å²) in [6.07, 6.45) is 0.913. The van der Waals surface area contributed by atoms with Crippen molar-refractivity contribution in [1.82, 2.24) is 15.2 Å². The van der Waals surface area contributed by atoms with Gasteiger partial charge in [0.1, 0.15) is 0 Å². The van der Waals surface area contributed by atoms with Crippen molar-refractivity contribution in [3.8, 4) is 0 Å². The lowest BCUT2D eigenvalue weighted by Gasteiger charge is -2.04. The van der Waals surface area contributed by atoms with E-state index in [9.17, 15) is 0 Å². The topological polar surface area (TPSA) is 67.7 Å². The molecule has 2 aromatic carbocycles. The van der Waals surface area contributed by atoms with Gasteiger partial charge in [-0.3, -0.25) is 10.4 Å². The predicted molar refractivity (Wildman–Crippen MR) is 92.1 cm³/mol. The normalized spacial score (nSPS) is 11.2. The smallest absolute Gasteiger partial charge is 0.281 e. The minimum atomic E-state index is 0.352. The molecule has 0 aliphatic heterocycles. The van der Waals surface area contributed by atoms with E-state index in [-0.39, 0.29) is 0 Å². The van der Waals surface area contributed by atoms with Gasteiger partial charge in [0.05, 0.1) is 16.6 Å². The fourth-order valence-corrected chi connectivity index (χ4v) is 2.93. The van der Waals surface area contributed by atoms with Crippen LogP contribution >= 0.6 is 11.6 Å². The van der Waals surface area contributed by atoms with Gasteiger partial charge in [0.25, 0.3) is 0 Å². The number of hydrogen-bond donors (Lipinski definition) is 2. The molecule has 2 heterocycles. The number of aromatic nitrogens is 4. The maximum Gasteiger partial charge on any atom is 0.332 e. The number of aryl methyl sites for hydroxylation is 1. The maximum atomic E-state index is 6.09. The number of para-hydroxylation sites is 1. The molecule has 23 heavy (non-hydrogen) atoms. The highest BCUT2D eigenvalue weighted by Crippen LogP contribution is 2.25.